The standard InChI is InChI=1S/C14H24N2O/c1-4-17-10-9-16(3)14(11-15)13-8-6-5-7-12(13)2/h5-8,14H,4,9-11,15H2,1-3H3. The van der Waals surface area contributed by atoms with Crippen molar-refractivity contribution in [3.8, 4) is 0 Å². The summed E-state index contributed by atoms with van der Waals surface area (Å²) < 4.78 is 5.38. The Morgan fingerprint density at radius 3 is 2.65 bits per heavy atom. The molecule has 0 aliphatic heterocycles. The van der Waals surface area contributed by atoms with Crippen LogP contribution < -0.4 is 5.73 Å². The zero-order valence-corrected chi connectivity index (χ0v) is 11.1. The first-order valence-electron chi connectivity index (χ1n) is 6.24. The van der Waals surface area contributed by atoms with Crippen LogP contribution in [-0.2, 0) is 4.74 Å². The van der Waals surface area contributed by atoms with Crippen LogP contribution in [0, 0.1) is 6.92 Å². The highest BCUT2D eigenvalue weighted by molar-refractivity contribution is 5.29. The van der Waals surface area contributed by atoms with E-state index in [9.17, 15) is 0 Å². The van der Waals surface area contributed by atoms with Crippen LogP contribution in [0.25, 0.3) is 0 Å². The first-order chi connectivity index (χ1) is 8.20. The van der Waals surface area contributed by atoms with Crippen molar-refractivity contribution in [2.45, 2.75) is 19.9 Å². The molecule has 0 saturated carbocycles. The van der Waals surface area contributed by atoms with E-state index in [1.54, 1.807) is 0 Å². The lowest BCUT2D eigenvalue weighted by Gasteiger charge is -2.28. The summed E-state index contributed by atoms with van der Waals surface area (Å²) in [6.45, 7) is 7.22. The van der Waals surface area contributed by atoms with Gasteiger partial charge in [0, 0.05) is 25.7 Å². The molecule has 0 fully saturated rings. The lowest BCUT2D eigenvalue weighted by atomic mass is 10.0. The van der Waals surface area contributed by atoms with Crippen molar-refractivity contribution in [1.29, 1.82) is 0 Å². The third-order valence-electron chi connectivity index (χ3n) is 3.10. The summed E-state index contributed by atoms with van der Waals surface area (Å²) in [6.07, 6.45) is 0. The van der Waals surface area contributed by atoms with Crippen LogP contribution >= 0.6 is 0 Å². The smallest absolute Gasteiger partial charge is 0.0593 e. The molecule has 0 bridgehead atoms. The molecule has 3 nitrogen and oxygen atoms in total. The molecule has 0 aliphatic rings. The Kier molecular flexibility index (Phi) is 6.19. The first kappa shape index (κ1) is 14.2. The van der Waals surface area contributed by atoms with E-state index in [4.69, 9.17) is 10.5 Å². The van der Waals surface area contributed by atoms with Crippen LogP contribution in [0.2, 0.25) is 0 Å². The molecule has 0 spiro atoms. The molecule has 1 unspecified atom stereocenters. The van der Waals surface area contributed by atoms with Crippen LogP contribution in [0.1, 0.15) is 24.1 Å². The summed E-state index contributed by atoms with van der Waals surface area (Å²) in [5, 5.41) is 0. The van der Waals surface area contributed by atoms with Gasteiger partial charge >= 0.3 is 0 Å². The molecule has 1 atom stereocenters. The van der Waals surface area contributed by atoms with E-state index in [1.807, 2.05) is 6.92 Å². The van der Waals surface area contributed by atoms with Crippen molar-refractivity contribution in [2.75, 3.05) is 33.4 Å². The van der Waals surface area contributed by atoms with E-state index in [-0.39, 0.29) is 6.04 Å². The molecule has 0 radical (unpaired) electrons. The van der Waals surface area contributed by atoms with Crippen molar-refractivity contribution in [3.05, 3.63) is 35.4 Å². The number of benzene rings is 1. The number of ether oxygens (including phenoxy) is 1. The van der Waals surface area contributed by atoms with Gasteiger partial charge in [-0.2, -0.15) is 0 Å². The molecule has 0 saturated heterocycles. The van der Waals surface area contributed by atoms with Gasteiger partial charge in [0.1, 0.15) is 0 Å². The molecule has 0 amide bonds. The van der Waals surface area contributed by atoms with Gasteiger partial charge < -0.3 is 10.5 Å². The molecule has 2 N–H and O–H groups in total. The van der Waals surface area contributed by atoms with Gasteiger partial charge in [-0.3, -0.25) is 4.90 Å². The first-order valence-corrected chi connectivity index (χ1v) is 6.24. The normalized spacial score (nSPS) is 13.0. The summed E-state index contributed by atoms with van der Waals surface area (Å²) in [5.41, 5.74) is 8.51. The number of rotatable bonds is 7. The average molecular weight is 236 g/mol. The number of nitrogens with two attached hydrogens (primary N) is 1. The summed E-state index contributed by atoms with van der Waals surface area (Å²) in [4.78, 5) is 2.26. The van der Waals surface area contributed by atoms with Crippen LogP contribution in [-0.4, -0.2) is 38.3 Å². The molecular formula is C14H24N2O. The van der Waals surface area contributed by atoms with E-state index in [0.717, 1.165) is 19.8 Å². The van der Waals surface area contributed by atoms with Gasteiger partial charge in [0.05, 0.1) is 6.61 Å². The Balaban J connectivity index is 2.67. The maximum atomic E-state index is 5.90. The van der Waals surface area contributed by atoms with Gasteiger partial charge in [-0.25, -0.2) is 0 Å². The molecule has 17 heavy (non-hydrogen) atoms. The van der Waals surface area contributed by atoms with Crippen molar-refractivity contribution >= 4 is 0 Å². The summed E-state index contributed by atoms with van der Waals surface area (Å²) in [6, 6.07) is 8.70. The highest BCUT2D eigenvalue weighted by atomic mass is 16.5. The van der Waals surface area contributed by atoms with Gasteiger partial charge in [-0.1, -0.05) is 24.3 Å². The summed E-state index contributed by atoms with van der Waals surface area (Å²) >= 11 is 0. The average Bonchev–Trinajstić information content (AvgIpc) is 2.33. The molecule has 1 aromatic carbocycles. The van der Waals surface area contributed by atoms with Gasteiger partial charge in [0.15, 0.2) is 0 Å². The largest absolute Gasteiger partial charge is 0.380 e. The zero-order valence-electron chi connectivity index (χ0n) is 11.1. The molecule has 96 valence electrons. The fourth-order valence-electron chi connectivity index (χ4n) is 2.01. The lowest BCUT2D eigenvalue weighted by Crippen LogP contribution is -2.33. The molecule has 3 heteroatoms. The van der Waals surface area contributed by atoms with Gasteiger partial charge in [-0.05, 0) is 32.0 Å². The Bertz CT molecular complexity index is 328. The van der Waals surface area contributed by atoms with Crippen molar-refractivity contribution in [1.82, 2.24) is 4.90 Å². The van der Waals surface area contributed by atoms with Crippen LogP contribution in [0.5, 0.6) is 0 Å². The van der Waals surface area contributed by atoms with E-state index in [0.29, 0.717) is 6.54 Å². The number of likely N-dealkylation sites (N-methyl/N-ethyl adjacent to an activating group) is 1. The molecule has 0 aliphatic carbocycles. The van der Waals surface area contributed by atoms with Crippen LogP contribution in [0.15, 0.2) is 24.3 Å². The Labute approximate surface area is 105 Å². The summed E-state index contributed by atoms with van der Waals surface area (Å²) in [7, 11) is 2.10. The van der Waals surface area contributed by atoms with E-state index < -0.39 is 0 Å². The fraction of sp³-hybridized carbons (Fsp3) is 0.571. The van der Waals surface area contributed by atoms with Crippen molar-refractivity contribution in [3.63, 3.8) is 0 Å². The number of nitrogens with zero attached hydrogens (tertiary/aromatic N) is 1. The maximum Gasteiger partial charge on any atom is 0.0593 e. The van der Waals surface area contributed by atoms with Gasteiger partial charge in [-0.15, -0.1) is 0 Å². The predicted molar refractivity (Wildman–Crippen MR) is 72.1 cm³/mol. The molecular weight excluding hydrogens is 212 g/mol. The van der Waals surface area contributed by atoms with E-state index in [2.05, 4.69) is 43.1 Å². The monoisotopic (exact) mass is 236 g/mol. The quantitative estimate of drug-likeness (QED) is 0.736. The molecule has 1 aromatic rings. The minimum atomic E-state index is 0.275. The third-order valence-corrected chi connectivity index (χ3v) is 3.10. The van der Waals surface area contributed by atoms with Gasteiger partial charge in [0.25, 0.3) is 0 Å². The van der Waals surface area contributed by atoms with Crippen LogP contribution in [0.3, 0.4) is 0 Å². The minimum absolute atomic E-state index is 0.275. The Morgan fingerprint density at radius 2 is 2.06 bits per heavy atom. The fourth-order valence-corrected chi connectivity index (χ4v) is 2.01. The molecule has 0 heterocycles. The summed E-state index contributed by atoms with van der Waals surface area (Å²) in [5.74, 6) is 0. The van der Waals surface area contributed by atoms with Crippen LogP contribution in [0.4, 0.5) is 0 Å². The number of aryl methyl sites for hydroxylation is 1. The minimum Gasteiger partial charge on any atom is -0.380 e. The van der Waals surface area contributed by atoms with E-state index in [1.165, 1.54) is 11.1 Å². The van der Waals surface area contributed by atoms with E-state index >= 15 is 0 Å². The Hall–Kier alpha value is -0.900. The highest BCUT2D eigenvalue weighted by Gasteiger charge is 2.16. The number of hydrogen-bond acceptors (Lipinski definition) is 3. The number of hydrogen-bond donors (Lipinski definition) is 1. The topological polar surface area (TPSA) is 38.5 Å². The third kappa shape index (κ3) is 4.11. The second-order valence-electron chi connectivity index (χ2n) is 4.29. The highest BCUT2D eigenvalue weighted by Crippen LogP contribution is 2.21. The molecule has 0 aromatic heterocycles. The second kappa shape index (κ2) is 7.43. The Morgan fingerprint density at radius 1 is 1.35 bits per heavy atom. The van der Waals surface area contributed by atoms with Crippen molar-refractivity contribution < 1.29 is 4.74 Å². The zero-order chi connectivity index (χ0) is 12.7. The van der Waals surface area contributed by atoms with Gasteiger partial charge in [0.2, 0.25) is 0 Å². The second-order valence-corrected chi connectivity index (χ2v) is 4.29. The molecule has 1 rings (SSSR count). The predicted octanol–water partition coefficient (Wildman–Crippen LogP) is 1.96. The lowest BCUT2D eigenvalue weighted by molar-refractivity contribution is 0.108. The SMILES string of the molecule is CCOCCN(C)C(CN)c1ccccc1C. The maximum absolute atomic E-state index is 5.90. The van der Waals surface area contributed by atoms with Crippen molar-refractivity contribution in [2.24, 2.45) is 5.73 Å².